The third kappa shape index (κ3) is 3.88. The summed E-state index contributed by atoms with van der Waals surface area (Å²) in [7, 11) is 0. The summed E-state index contributed by atoms with van der Waals surface area (Å²) in [6.07, 6.45) is 1.41. The average molecular weight is 223 g/mol. The van der Waals surface area contributed by atoms with Crippen molar-refractivity contribution in [2.75, 3.05) is 0 Å². The van der Waals surface area contributed by atoms with E-state index < -0.39 is 0 Å². The van der Waals surface area contributed by atoms with Gasteiger partial charge < -0.3 is 9.47 Å². The summed E-state index contributed by atoms with van der Waals surface area (Å²) >= 11 is 0. The van der Waals surface area contributed by atoms with Crippen LogP contribution >= 0.6 is 0 Å². The lowest BCUT2D eigenvalue weighted by Gasteiger charge is -2.10. The van der Waals surface area contributed by atoms with Crippen LogP contribution in [0.4, 0.5) is 0 Å². The van der Waals surface area contributed by atoms with Crippen LogP contribution in [0.3, 0.4) is 0 Å². The van der Waals surface area contributed by atoms with Gasteiger partial charge in [-0.15, -0.1) is 0 Å². The molecule has 0 saturated carbocycles. The quantitative estimate of drug-likeness (QED) is 0.735. The summed E-state index contributed by atoms with van der Waals surface area (Å²) in [4.78, 5) is 15.5. The SMILES string of the molecule is CC(C)OC(=O)c1ccc(OC(C)C)nc1. The van der Waals surface area contributed by atoms with Crippen LogP contribution in [-0.2, 0) is 4.74 Å². The highest BCUT2D eigenvalue weighted by molar-refractivity contribution is 5.89. The number of hydrogen-bond donors (Lipinski definition) is 0. The lowest BCUT2D eigenvalue weighted by Crippen LogP contribution is -2.12. The van der Waals surface area contributed by atoms with Crippen LogP contribution in [0.25, 0.3) is 0 Å². The lowest BCUT2D eigenvalue weighted by molar-refractivity contribution is 0.0377. The molecule has 0 N–H and O–H groups in total. The number of carbonyl (C=O) groups excluding carboxylic acids is 1. The van der Waals surface area contributed by atoms with E-state index in [2.05, 4.69) is 4.98 Å². The van der Waals surface area contributed by atoms with Gasteiger partial charge in [-0.3, -0.25) is 0 Å². The molecule has 1 rings (SSSR count). The molecule has 4 nitrogen and oxygen atoms in total. The fourth-order valence-corrected chi connectivity index (χ4v) is 1.09. The summed E-state index contributed by atoms with van der Waals surface area (Å²) in [6.45, 7) is 7.45. The first-order valence-corrected chi connectivity index (χ1v) is 5.32. The highest BCUT2D eigenvalue weighted by Gasteiger charge is 2.09. The van der Waals surface area contributed by atoms with Gasteiger partial charge >= 0.3 is 5.97 Å². The molecule has 1 heterocycles. The van der Waals surface area contributed by atoms with E-state index in [0.29, 0.717) is 11.4 Å². The monoisotopic (exact) mass is 223 g/mol. The number of ether oxygens (including phenoxy) is 2. The summed E-state index contributed by atoms with van der Waals surface area (Å²) in [6, 6.07) is 3.31. The van der Waals surface area contributed by atoms with E-state index in [0.717, 1.165) is 0 Å². The van der Waals surface area contributed by atoms with Crippen molar-refractivity contribution in [3.05, 3.63) is 23.9 Å². The Morgan fingerprint density at radius 3 is 2.31 bits per heavy atom. The van der Waals surface area contributed by atoms with Crippen LogP contribution in [-0.4, -0.2) is 23.2 Å². The van der Waals surface area contributed by atoms with E-state index in [1.807, 2.05) is 27.7 Å². The zero-order valence-corrected chi connectivity index (χ0v) is 10.1. The molecule has 0 radical (unpaired) electrons. The molecule has 0 atom stereocenters. The number of nitrogens with zero attached hydrogens (tertiary/aromatic N) is 1. The predicted octanol–water partition coefficient (Wildman–Crippen LogP) is 2.43. The minimum absolute atomic E-state index is 0.0703. The standard InChI is InChI=1S/C12H17NO3/c1-8(2)15-11-6-5-10(7-13-11)12(14)16-9(3)4/h5-9H,1-4H3. The van der Waals surface area contributed by atoms with Gasteiger partial charge in [0, 0.05) is 12.3 Å². The molecular weight excluding hydrogens is 206 g/mol. The second kappa shape index (κ2) is 5.49. The first kappa shape index (κ1) is 12.5. The zero-order valence-electron chi connectivity index (χ0n) is 10.1. The van der Waals surface area contributed by atoms with E-state index in [1.54, 1.807) is 12.1 Å². The molecule has 4 heteroatoms. The van der Waals surface area contributed by atoms with E-state index in [1.165, 1.54) is 6.20 Å². The summed E-state index contributed by atoms with van der Waals surface area (Å²) in [5.41, 5.74) is 0.435. The Labute approximate surface area is 95.6 Å². The minimum Gasteiger partial charge on any atom is -0.475 e. The first-order valence-electron chi connectivity index (χ1n) is 5.32. The molecule has 0 spiro atoms. The molecule has 0 fully saturated rings. The van der Waals surface area contributed by atoms with Crippen molar-refractivity contribution in [1.82, 2.24) is 4.98 Å². The lowest BCUT2D eigenvalue weighted by atomic mass is 10.3. The van der Waals surface area contributed by atoms with Gasteiger partial charge in [0.15, 0.2) is 0 Å². The third-order valence-electron chi connectivity index (χ3n) is 1.67. The minimum atomic E-state index is -0.362. The van der Waals surface area contributed by atoms with Crippen LogP contribution in [0.15, 0.2) is 18.3 Å². The smallest absolute Gasteiger partial charge is 0.339 e. The van der Waals surface area contributed by atoms with Crippen molar-refractivity contribution >= 4 is 5.97 Å². The van der Waals surface area contributed by atoms with Gasteiger partial charge in [0.2, 0.25) is 5.88 Å². The van der Waals surface area contributed by atoms with Gasteiger partial charge in [-0.1, -0.05) is 0 Å². The summed E-state index contributed by atoms with van der Waals surface area (Å²) in [5, 5.41) is 0. The van der Waals surface area contributed by atoms with Gasteiger partial charge in [-0.2, -0.15) is 0 Å². The van der Waals surface area contributed by atoms with Crippen molar-refractivity contribution in [1.29, 1.82) is 0 Å². The van der Waals surface area contributed by atoms with Crippen molar-refractivity contribution in [3.63, 3.8) is 0 Å². The molecule has 0 aliphatic rings. The third-order valence-corrected chi connectivity index (χ3v) is 1.67. The van der Waals surface area contributed by atoms with E-state index >= 15 is 0 Å². The largest absolute Gasteiger partial charge is 0.475 e. The molecule has 0 bridgehead atoms. The van der Waals surface area contributed by atoms with Crippen molar-refractivity contribution in [3.8, 4) is 5.88 Å². The maximum atomic E-state index is 11.5. The number of carbonyl (C=O) groups is 1. The number of esters is 1. The Kier molecular flexibility index (Phi) is 4.28. The van der Waals surface area contributed by atoms with Crippen molar-refractivity contribution in [2.45, 2.75) is 39.9 Å². The Morgan fingerprint density at radius 2 is 1.88 bits per heavy atom. The Morgan fingerprint density at radius 1 is 1.19 bits per heavy atom. The number of aromatic nitrogens is 1. The molecule has 1 aromatic rings. The topological polar surface area (TPSA) is 48.4 Å². The predicted molar refractivity (Wildman–Crippen MR) is 60.6 cm³/mol. The zero-order chi connectivity index (χ0) is 12.1. The fourth-order valence-electron chi connectivity index (χ4n) is 1.09. The van der Waals surface area contributed by atoms with E-state index in [-0.39, 0.29) is 18.2 Å². The second-order valence-electron chi connectivity index (χ2n) is 4.01. The number of rotatable bonds is 4. The molecule has 16 heavy (non-hydrogen) atoms. The maximum Gasteiger partial charge on any atom is 0.339 e. The normalized spacial score (nSPS) is 10.6. The Hall–Kier alpha value is -1.58. The summed E-state index contributed by atoms with van der Waals surface area (Å²) < 4.78 is 10.4. The van der Waals surface area contributed by atoms with Gasteiger partial charge in [-0.05, 0) is 33.8 Å². The molecule has 1 aromatic heterocycles. The molecule has 88 valence electrons. The van der Waals surface area contributed by atoms with E-state index in [9.17, 15) is 4.79 Å². The Bertz CT molecular complexity index is 344. The van der Waals surface area contributed by atoms with Gasteiger partial charge in [0.25, 0.3) is 0 Å². The van der Waals surface area contributed by atoms with E-state index in [4.69, 9.17) is 9.47 Å². The highest BCUT2D eigenvalue weighted by atomic mass is 16.5. The molecule has 0 aliphatic carbocycles. The molecule has 0 saturated heterocycles. The average Bonchev–Trinajstić information content (AvgIpc) is 2.16. The van der Waals surface area contributed by atoms with Crippen LogP contribution < -0.4 is 4.74 Å². The molecule has 0 aromatic carbocycles. The van der Waals surface area contributed by atoms with Crippen LogP contribution in [0.2, 0.25) is 0 Å². The van der Waals surface area contributed by atoms with Crippen LogP contribution in [0, 0.1) is 0 Å². The first-order chi connectivity index (χ1) is 7.49. The fraction of sp³-hybridized carbons (Fsp3) is 0.500. The Balaban J connectivity index is 2.67. The second-order valence-corrected chi connectivity index (χ2v) is 4.01. The summed E-state index contributed by atoms with van der Waals surface area (Å²) in [5.74, 6) is 0.148. The van der Waals surface area contributed by atoms with Gasteiger partial charge in [-0.25, -0.2) is 9.78 Å². The number of pyridine rings is 1. The highest BCUT2D eigenvalue weighted by Crippen LogP contribution is 2.10. The molecular formula is C12H17NO3. The van der Waals surface area contributed by atoms with Crippen LogP contribution in [0.1, 0.15) is 38.1 Å². The van der Waals surface area contributed by atoms with Crippen molar-refractivity contribution < 1.29 is 14.3 Å². The molecule has 0 aliphatic heterocycles. The van der Waals surface area contributed by atoms with Gasteiger partial charge in [0.1, 0.15) is 0 Å². The maximum absolute atomic E-state index is 11.5. The number of hydrogen-bond acceptors (Lipinski definition) is 4. The molecule has 0 unspecified atom stereocenters. The van der Waals surface area contributed by atoms with Gasteiger partial charge in [0.05, 0.1) is 17.8 Å². The van der Waals surface area contributed by atoms with Crippen molar-refractivity contribution in [2.24, 2.45) is 0 Å². The molecule has 0 amide bonds. The van der Waals surface area contributed by atoms with Crippen LogP contribution in [0.5, 0.6) is 5.88 Å².